The average Bonchev–Trinajstić information content (AvgIpc) is 3.06. The average molecular weight is 282 g/mol. The first-order chi connectivity index (χ1) is 9.19. The molecular weight excluding hydrogens is 268 g/mol. The molecule has 2 rings (SSSR count). The molecule has 2 aromatic heterocycles. The fourth-order valence-corrected chi connectivity index (χ4v) is 2.06. The second kappa shape index (κ2) is 6.39. The van der Waals surface area contributed by atoms with Crippen LogP contribution in [0.2, 0.25) is 0 Å². The molecule has 0 saturated carbocycles. The fourth-order valence-electron chi connectivity index (χ4n) is 1.34. The van der Waals surface area contributed by atoms with Crippen LogP contribution in [0.5, 0.6) is 0 Å². The van der Waals surface area contributed by atoms with Crippen molar-refractivity contribution in [3.8, 4) is 0 Å². The van der Waals surface area contributed by atoms with Crippen molar-refractivity contribution >= 4 is 17.7 Å². The van der Waals surface area contributed by atoms with Gasteiger partial charge in [-0.2, -0.15) is 0 Å². The lowest BCUT2D eigenvalue weighted by Crippen LogP contribution is -2.27. The van der Waals surface area contributed by atoms with Crippen LogP contribution in [-0.4, -0.2) is 33.8 Å². The molecule has 0 aliphatic rings. The molecule has 0 bridgehead atoms. The van der Waals surface area contributed by atoms with Crippen LogP contribution in [0.15, 0.2) is 32.5 Å². The molecule has 8 heteroatoms. The summed E-state index contributed by atoms with van der Waals surface area (Å²) in [5, 5.41) is 7.83. The normalized spacial score (nSPS) is 10.6. The lowest BCUT2D eigenvalue weighted by molar-refractivity contribution is -0.127. The summed E-state index contributed by atoms with van der Waals surface area (Å²) in [4.78, 5) is 13.4. The first kappa shape index (κ1) is 13.6. The van der Waals surface area contributed by atoms with E-state index in [1.165, 1.54) is 11.8 Å². The molecule has 0 aliphatic heterocycles. The lowest BCUT2D eigenvalue weighted by Gasteiger charge is -2.14. The zero-order valence-corrected chi connectivity index (χ0v) is 11.2. The van der Waals surface area contributed by atoms with Crippen molar-refractivity contribution in [2.75, 3.05) is 12.8 Å². The highest BCUT2D eigenvalue weighted by atomic mass is 32.2. The molecule has 19 heavy (non-hydrogen) atoms. The van der Waals surface area contributed by atoms with Gasteiger partial charge in [-0.15, -0.1) is 10.2 Å². The molecular formula is C11H14N4O3S. The van der Waals surface area contributed by atoms with Gasteiger partial charge in [0.25, 0.3) is 5.22 Å². The van der Waals surface area contributed by atoms with Crippen LogP contribution in [-0.2, 0) is 17.9 Å². The Morgan fingerprint density at radius 1 is 1.53 bits per heavy atom. The maximum absolute atomic E-state index is 11.9. The summed E-state index contributed by atoms with van der Waals surface area (Å²) in [5.74, 6) is 1.28. The van der Waals surface area contributed by atoms with E-state index in [9.17, 15) is 4.79 Å². The Labute approximate surface area is 114 Å². The van der Waals surface area contributed by atoms with Gasteiger partial charge in [-0.1, -0.05) is 11.8 Å². The number of hydrogen-bond donors (Lipinski definition) is 1. The minimum Gasteiger partial charge on any atom is -0.467 e. The zero-order chi connectivity index (χ0) is 13.7. The largest absolute Gasteiger partial charge is 0.467 e. The third-order valence-electron chi connectivity index (χ3n) is 2.34. The molecule has 0 saturated heterocycles. The highest BCUT2D eigenvalue weighted by Crippen LogP contribution is 2.16. The monoisotopic (exact) mass is 282 g/mol. The van der Waals surface area contributed by atoms with Gasteiger partial charge in [0.05, 0.1) is 25.1 Å². The van der Waals surface area contributed by atoms with E-state index in [-0.39, 0.29) is 18.2 Å². The van der Waals surface area contributed by atoms with E-state index in [2.05, 4.69) is 10.2 Å². The quantitative estimate of drug-likeness (QED) is 0.785. The van der Waals surface area contributed by atoms with Crippen LogP contribution in [0.1, 0.15) is 11.7 Å². The van der Waals surface area contributed by atoms with Gasteiger partial charge in [0.2, 0.25) is 11.8 Å². The van der Waals surface area contributed by atoms with E-state index in [4.69, 9.17) is 14.6 Å². The summed E-state index contributed by atoms with van der Waals surface area (Å²) in [6.07, 6.45) is 1.58. The van der Waals surface area contributed by atoms with Gasteiger partial charge in [0.1, 0.15) is 5.76 Å². The first-order valence-electron chi connectivity index (χ1n) is 5.60. The Morgan fingerprint density at radius 2 is 2.37 bits per heavy atom. The van der Waals surface area contributed by atoms with E-state index in [0.717, 1.165) is 5.76 Å². The smallest absolute Gasteiger partial charge is 0.277 e. The molecule has 0 aromatic carbocycles. The van der Waals surface area contributed by atoms with Crippen LogP contribution in [0.25, 0.3) is 0 Å². The molecule has 7 nitrogen and oxygen atoms in total. The number of carbonyl (C=O) groups excluding carboxylic acids is 1. The van der Waals surface area contributed by atoms with E-state index >= 15 is 0 Å². The number of nitrogens with two attached hydrogens (primary N) is 1. The first-order valence-corrected chi connectivity index (χ1v) is 6.59. The van der Waals surface area contributed by atoms with Gasteiger partial charge in [0, 0.05) is 7.05 Å². The van der Waals surface area contributed by atoms with E-state index < -0.39 is 0 Å². The summed E-state index contributed by atoms with van der Waals surface area (Å²) in [6.45, 7) is 0.629. The summed E-state index contributed by atoms with van der Waals surface area (Å²) >= 11 is 1.19. The molecule has 2 aromatic rings. The van der Waals surface area contributed by atoms with Gasteiger partial charge in [-0.3, -0.25) is 4.79 Å². The molecule has 0 spiro atoms. The number of nitrogens with zero attached hydrogens (tertiary/aromatic N) is 3. The standard InChI is InChI=1S/C11H14N4O3S/c1-15(6-8-3-2-4-17-8)10(16)7-19-11-14-13-9(5-12)18-11/h2-4H,5-7,12H2,1H3. The minimum absolute atomic E-state index is 0.0473. The van der Waals surface area contributed by atoms with Gasteiger partial charge >= 0.3 is 0 Å². The number of thioether (sulfide) groups is 1. The number of hydrogen-bond acceptors (Lipinski definition) is 7. The molecule has 0 fully saturated rings. The molecule has 2 N–H and O–H groups in total. The van der Waals surface area contributed by atoms with Crippen molar-refractivity contribution in [3.05, 3.63) is 30.0 Å². The van der Waals surface area contributed by atoms with Crippen molar-refractivity contribution in [2.24, 2.45) is 5.73 Å². The number of rotatable bonds is 6. The van der Waals surface area contributed by atoms with Crippen molar-refractivity contribution in [2.45, 2.75) is 18.3 Å². The van der Waals surface area contributed by atoms with Crippen LogP contribution in [0.3, 0.4) is 0 Å². The van der Waals surface area contributed by atoms with E-state index in [1.807, 2.05) is 6.07 Å². The molecule has 0 aliphatic carbocycles. The maximum Gasteiger partial charge on any atom is 0.277 e. The summed E-state index contributed by atoms with van der Waals surface area (Å²) in [6, 6.07) is 3.61. The van der Waals surface area contributed by atoms with Crippen molar-refractivity contribution in [1.82, 2.24) is 15.1 Å². The van der Waals surface area contributed by atoms with Gasteiger partial charge < -0.3 is 19.5 Å². The summed E-state index contributed by atoms with van der Waals surface area (Å²) in [5.41, 5.74) is 5.35. The number of furan rings is 1. The second-order valence-electron chi connectivity index (χ2n) is 3.78. The van der Waals surface area contributed by atoms with Gasteiger partial charge in [0.15, 0.2) is 0 Å². The second-order valence-corrected chi connectivity index (χ2v) is 4.71. The van der Waals surface area contributed by atoms with Crippen LogP contribution < -0.4 is 5.73 Å². The Hall–Kier alpha value is -1.80. The fraction of sp³-hybridized carbons (Fsp3) is 0.364. The Morgan fingerprint density at radius 3 is 3.00 bits per heavy atom. The number of aromatic nitrogens is 2. The van der Waals surface area contributed by atoms with Crippen LogP contribution >= 0.6 is 11.8 Å². The number of carbonyl (C=O) groups is 1. The highest BCUT2D eigenvalue weighted by molar-refractivity contribution is 7.99. The van der Waals surface area contributed by atoms with Crippen molar-refractivity contribution < 1.29 is 13.6 Å². The van der Waals surface area contributed by atoms with Crippen LogP contribution in [0, 0.1) is 0 Å². The molecule has 0 radical (unpaired) electrons. The summed E-state index contributed by atoms with van der Waals surface area (Å²) < 4.78 is 10.4. The molecule has 102 valence electrons. The van der Waals surface area contributed by atoms with Gasteiger partial charge in [-0.25, -0.2) is 0 Å². The third-order valence-corrected chi connectivity index (χ3v) is 3.14. The zero-order valence-electron chi connectivity index (χ0n) is 10.4. The van der Waals surface area contributed by atoms with Crippen molar-refractivity contribution in [3.63, 3.8) is 0 Å². The highest BCUT2D eigenvalue weighted by Gasteiger charge is 2.13. The topological polar surface area (TPSA) is 98.4 Å². The predicted molar refractivity (Wildman–Crippen MR) is 68.1 cm³/mol. The maximum atomic E-state index is 11.9. The van der Waals surface area contributed by atoms with E-state index in [1.54, 1.807) is 24.3 Å². The van der Waals surface area contributed by atoms with Crippen molar-refractivity contribution in [1.29, 1.82) is 0 Å². The van der Waals surface area contributed by atoms with Gasteiger partial charge in [-0.05, 0) is 12.1 Å². The Balaban J connectivity index is 1.80. The summed E-state index contributed by atoms with van der Waals surface area (Å²) in [7, 11) is 1.71. The molecule has 1 amide bonds. The minimum atomic E-state index is -0.0473. The predicted octanol–water partition coefficient (Wildman–Crippen LogP) is 0.872. The Kier molecular flexibility index (Phi) is 4.58. The molecule has 0 unspecified atom stereocenters. The third kappa shape index (κ3) is 3.83. The lowest BCUT2D eigenvalue weighted by atomic mass is 10.4. The number of amides is 1. The van der Waals surface area contributed by atoms with E-state index in [0.29, 0.717) is 17.7 Å². The molecule has 2 heterocycles. The molecule has 0 atom stereocenters. The van der Waals surface area contributed by atoms with Crippen LogP contribution in [0.4, 0.5) is 0 Å². The SMILES string of the molecule is CN(Cc1ccco1)C(=O)CSc1nnc(CN)o1. The Bertz CT molecular complexity index is 526.